The van der Waals surface area contributed by atoms with Crippen LogP contribution in [0.5, 0.6) is 0 Å². The summed E-state index contributed by atoms with van der Waals surface area (Å²) in [6.07, 6.45) is -1.97. The molecule has 3 nitrogen and oxygen atoms in total. The van der Waals surface area contributed by atoms with Crippen LogP contribution in [0.2, 0.25) is 0 Å². The van der Waals surface area contributed by atoms with Crippen molar-refractivity contribution in [1.82, 2.24) is 0 Å². The molecule has 0 aliphatic rings. The third-order valence-corrected chi connectivity index (χ3v) is 2.09. The van der Waals surface area contributed by atoms with E-state index in [9.17, 15) is 9.18 Å². The van der Waals surface area contributed by atoms with Crippen molar-refractivity contribution >= 4 is 5.97 Å². The SMILES string of the molecule is COCc1ccccc1CC(F)C(=O)O. The Morgan fingerprint density at radius 1 is 1.47 bits per heavy atom. The van der Waals surface area contributed by atoms with Crippen LogP contribution in [-0.2, 0) is 22.6 Å². The van der Waals surface area contributed by atoms with E-state index >= 15 is 0 Å². The number of ether oxygens (including phenoxy) is 1. The minimum atomic E-state index is -1.86. The van der Waals surface area contributed by atoms with Gasteiger partial charge in [-0.3, -0.25) is 0 Å². The van der Waals surface area contributed by atoms with Crippen LogP contribution in [0, 0.1) is 0 Å². The second-order valence-corrected chi connectivity index (χ2v) is 3.21. The van der Waals surface area contributed by atoms with Crippen molar-refractivity contribution in [2.24, 2.45) is 0 Å². The Hall–Kier alpha value is -1.42. The lowest BCUT2D eigenvalue weighted by Crippen LogP contribution is -2.18. The standard InChI is InChI=1S/C11H13FO3/c1-15-7-9-5-3-2-4-8(9)6-10(12)11(13)14/h2-5,10H,6-7H2,1H3,(H,13,14). The molecule has 1 rings (SSSR count). The first-order valence-electron chi connectivity index (χ1n) is 4.57. The zero-order valence-corrected chi connectivity index (χ0v) is 8.44. The van der Waals surface area contributed by atoms with Gasteiger partial charge in [0.15, 0.2) is 0 Å². The molecule has 1 unspecified atom stereocenters. The molecule has 0 spiro atoms. The molecular weight excluding hydrogens is 199 g/mol. The maximum atomic E-state index is 13.0. The molecule has 0 amide bonds. The van der Waals surface area contributed by atoms with Gasteiger partial charge in [0.2, 0.25) is 6.17 Å². The molecule has 1 atom stereocenters. The number of rotatable bonds is 5. The van der Waals surface area contributed by atoms with E-state index in [0.717, 1.165) is 5.56 Å². The quantitative estimate of drug-likeness (QED) is 0.809. The highest BCUT2D eigenvalue weighted by Crippen LogP contribution is 2.13. The van der Waals surface area contributed by atoms with Crippen molar-refractivity contribution in [3.8, 4) is 0 Å². The van der Waals surface area contributed by atoms with Crippen molar-refractivity contribution < 1.29 is 19.0 Å². The van der Waals surface area contributed by atoms with Crippen LogP contribution in [0.15, 0.2) is 24.3 Å². The fourth-order valence-corrected chi connectivity index (χ4v) is 1.33. The first-order valence-corrected chi connectivity index (χ1v) is 4.57. The summed E-state index contributed by atoms with van der Waals surface area (Å²) in [7, 11) is 1.54. The number of hydrogen-bond donors (Lipinski definition) is 1. The number of carboxylic acids is 1. The predicted molar refractivity (Wildman–Crippen MR) is 53.4 cm³/mol. The number of carbonyl (C=O) groups is 1. The van der Waals surface area contributed by atoms with E-state index in [1.807, 2.05) is 6.07 Å². The Balaban J connectivity index is 2.79. The smallest absolute Gasteiger partial charge is 0.338 e. The zero-order valence-electron chi connectivity index (χ0n) is 8.44. The van der Waals surface area contributed by atoms with Crippen LogP contribution in [0.4, 0.5) is 4.39 Å². The topological polar surface area (TPSA) is 46.5 Å². The number of alkyl halides is 1. The molecule has 0 aromatic heterocycles. The monoisotopic (exact) mass is 212 g/mol. The molecule has 4 heteroatoms. The molecule has 0 aliphatic heterocycles. The number of halogens is 1. The third kappa shape index (κ3) is 3.32. The average molecular weight is 212 g/mol. The molecule has 0 aliphatic carbocycles. The Morgan fingerprint density at radius 3 is 2.60 bits per heavy atom. The maximum absolute atomic E-state index is 13.0. The Morgan fingerprint density at radius 2 is 2.07 bits per heavy atom. The summed E-state index contributed by atoms with van der Waals surface area (Å²) in [6.45, 7) is 0.364. The van der Waals surface area contributed by atoms with Crippen molar-refractivity contribution in [2.75, 3.05) is 7.11 Å². The molecule has 0 radical (unpaired) electrons. The van der Waals surface area contributed by atoms with Crippen LogP contribution in [0.25, 0.3) is 0 Å². The Labute approximate surface area is 87.5 Å². The van der Waals surface area contributed by atoms with Crippen LogP contribution in [0.3, 0.4) is 0 Å². The number of methoxy groups -OCH3 is 1. The highest BCUT2D eigenvalue weighted by molar-refractivity contribution is 5.72. The van der Waals surface area contributed by atoms with Crippen molar-refractivity contribution in [3.05, 3.63) is 35.4 Å². The van der Waals surface area contributed by atoms with Gasteiger partial charge < -0.3 is 9.84 Å². The summed E-state index contributed by atoms with van der Waals surface area (Å²) in [5.41, 5.74) is 1.50. The Kier molecular flexibility index (Phi) is 4.24. The van der Waals surface area contributed by atoms with Gasteiger partial charge >= 0.3 is 5.97 Å². The summed E-state index contributed by atoms with van der Waals surface area (Å²) in [5, 5.41) is 8.46. The maximum Gasteiger partial charge on any atom is 0.338 e. The van der Waals surface area contributed by atoms with Gasteiger partial charge in [-0.1, -0.05) is 24.3 Å². The van der Waals surface area contributed by atoms with Gasteiger partial charge in [-0.2, -0.15) is 0 Å². The van der Waals surface area contributed by atoms with E-state index < -0.39 is 12.1 Å². The van der Waals surface area contributed by atoms with Gasteiger partial charge in [0.1, 0.15) is 0 Å². The van der Waals surface area contributed by atoms with Gasteiger partial charge in [-0.15, -0.1) is 0 Å². The Bertz CT molecular complexity index is 338. The van der Waals surface area contributed by atoms with E-state index in [-0.39, 0.29) is 6.42 Å². The summed E-state index contributed by atoms with van der Waals surface area (Å²) < 4.78 is 17.9. The van der Waals surface area contributed by atoms with E-state index in [1.165, 1.54) is 0 Å². The molecule has 0 bridgehead atoms. The third-order valence-electron chi connectivity index (χ3n) is 2.09. The van der Waals surface area contributed by atoms with Gasteiger partial charge in [0, 0.05) is 13.5 Å². The zero-order chi connectivity index (χ0) is 11.3. The average Bonchev–Trinajstić information content (AvgIpc) is 2.21. The molecule has 0 saturated carbocycles. The predicted octanol–water partition coefficient (Wildman–Crippen LogP) is 1.80. The van der Waals surface area contributed by atoms with Crippen LogP contribution in [-0.4, -0.2) is 24.4 Å². The van der Waals surface area contributed by atoms with Gasteiger partial charge in [0.05, 0.1) is 6.61 Å². The van der Waals surface area contributed by atoms with Crippen LogP contribution in [0.1, 0.15) is 11.1 Å². The molecule has 1 aromatic rings. The van der Waals surface area contributed by atoms with E-state index in [0.29, 0.717) is 12.2 Å². The minimum Gasteiger partial charge on any atom is -0.479 e. The molecule has 0 saturated heterocycles. The first-order chi connectivity index (χ1) is 7.15. The van der Waals surface area contributed by atoms with Gasteiger partial charge in [-0.05, 0) is 11.1 Å². The lowest BCUT2D eigenvalue weighted by atomic mass is 10.0. The highest BCUT2D eigenvalue weighted by Gasteiger charge is 2.17. The first kappa shape index (κ1) is 11.7. The minimum absolute atomic E-state index is 0.116. The van der Waals surface area contributed by atoms with E-state index in [1.54, 1.807) is 25.3 Å². The normalized spacial score (nSPS) is 12.4. The van der Waals surface area contributed by atoms with Crippen LogP contribution >= 0.6 is 0 Å². The number of carboxylic acid groups (broad SMARTS) is 1. The van der Waals surface area contributed by atoms with Crippen LogP contribution < -0.4 is 0 Å². The number of aliphatic carboxylic acids is 1. The summed E-state index contributed by atoms with van der Waals surface area (Å²) in [5.74, 6) is -1.43. The molecule has 82 valence electrons. The molecule has 15 heavy (non-hydrogen) atoms. The second-order valence-electron chi connectivity index (χ2n) is 3.21. The fraction of sp³-hybridized carbons (Fsp3) is 0.364. The van der Waals surface area contributed by atoms with Crippen molar-refractivity contribution in [3.63, 3.8) is 0 Å². The van der Waals surface area contributed by atoms with E-state index in [4.69, 9.17) is 9.84 Å². The largest absolute Gasteiger partial charge is 0.479 e. The molecule has 1 aromatic carbocycles. The van der Waals surface area contributed by atoms with Gasteiger partial charge in [-0.25, -0.2) is 9.18 Å². The van der Waals surface area contributed by atoms with Crippen molar-refractivity contribution in [2.45, 2.75) is 19.2 Å². The molecule has 0 fully saturated rings. The highest BCUT2D eigenvalue weighted by atomic mass is 19.1. The summed E-state index contributed by atoms with van der Waals surface area (Å²) in [6, 6.07) is 7.08. The lowest BCUT2D eigenvalue weighted by Gasteiger charge is -2.09. The van der Waals surface area contributed by atoms with Gasteiger partial charge in [0.25, 0.3) is 0 Å². The summed E-state index contributed by atoms with van der Waals surface area (Å²) >= 11 is 0. The molecular formula is C11H13FO3. The molecule has 1 N–H and O–H groups in total. The number of hydrogen-bond acceptors (Lipinski definition) is 2. The summed E-state index contributed by atoms with van der Waals surface area (Å²) in [4.78, 5) is 10.4. The van der Waals surface area contributed by atoms with Crippen molar-refractivity contribution in [1.29, 1.82) is 0 Å². The molecule has 0 heterocycles. The fourth-order valence-electron chi connectivity index (χ4n) is 1.33. The number of benzene rings is 1. The second kappa shape index (κ2) is 5.46. The lowest BCUT2D eigenvalue weighted by molar-refractivity contribution is -0.142. The van der Waals surface area contributed by atoms with E-state index in [2.05, 4.69) is 0 Å².